The second-order valence-corrected chi connectivity index (χ2v) is 6.14. The Kier molecular flexibility index (Phi) is 3.75. The SMILES string of the molecule is OC(c1ccccc1)C1CCN(c2nc3ccccc3o2)CC1. The molecule has 0 bridgehead atoms. The van der Waals surface area contributed by atoms with Gasteiger partial charge >= 0.3 is 0 Å². The van der Waals surface area contributed by atoms with Crippen molar-refractivity contribution in [1.29, 1.82) is 0 Å². The van der Waals surface area contributed by atoms with Crippen LogP contribution >= 0.6 is 0 Å². The normalized spacial score (nSPS) is 17.5. The van der Waals surface area contributed by atoms with Gasteiger partial charge in [0.25, 0.3) is 6.01 Å². The first-order valence-corrected chi connectivity index (χ1v) is 8.15. The van der Waals surface area contributed by atoms with Gasteiger partial charge in [0.1, 0.15) is 5.52 Å². The Labute approximate surface area is 135 Å². The highest BCUT2D eigenvalue weighted by atomic mass is 16.4. The predicted octanol–water partition coefficient (Wildman–Crippen LogP) is 3.78. The summed E-state index contributed by atoms with van der Waals surface area (Å²) in [5.74, 6) is 0.290. The Balaban J connectivity index is 1.44. The van der Waals surface area contributed by atoms with E-state index in [0.717, 1.165) is 42.6 Å². The lowest BCUT2D eigenvalue weighted by Crippen LogP contribution is -2.35. The number of nitrogens with zero attached hydrogens (tertiary/aromatic N) is 2. The zero-order valence-electron chi connectivity index (χ0n) is 12.9. The number of aliphatic hydroxyl groups is 1. The lowest BCUT2D eigenvalue weighted by molar-refractivity contribution is 0.0923. The number of hydrogen-bond acceptors (Lipinski definition) is 4. The maximum Gasteiger partial charge on any atom is 0.298 e. The number of fused-ring (bicyclic) bond motifs is 1. The van der Waals surface area contributed by atoms with Gasteiger partial charge in [-0.05, 0) is 36.5 Å². The van der Waals surface area contributed by atoms with Gasteiger partial charge < -0.3 is 14.4 Å². The van der Waals surface area contributed by atoms with Crippen LogP contribution in [0.5, 0.6) is 0 Å². The molecule has 1 aromatic heterocycles. The molecule has 0 aliphatic carbocycles. The summed E-state index contributed by atoms with van der Waals surface area (Å²) >= 11 is 0. The Morgan fingerprint density at radius 1 is 1.00 bits per heavy atom. The van der Waals surface area contributed by atoms with E-state index in [2.05, 4.69) is 9.88 Å². The molecule has 1 aliphatic rings. The molecule has 4 nitrogen and oxygen atoms in total. The van der Waals surface area contributed by atoms with Gasteiger partial charge in [-0.25, -0.2) is 0 Å². The number of hydrogen-bond donors (Lipinski definition) is 1. The third-order valence-corrected chi connectivity index (χ3v) is 4.68. The number of oxazole rings is 1. The van der Waals surface area contributed by atoms with Crippen molar-refractivity contribution in [3.63, 3.8) is 0 Å². The van der Waals surface area contributed by atoms with E-state index in [9.17, 15) is 5.11 Å². The molecule has 0 amide bonds. The topological polar surface area (TPSA) is 49.5 Å². The molecule has 1 N–H and O–H groups in total. The summed E-state index contributed by atoms with van der Waals surface area (Å²) in [4.78, 5) is 6.74. The van der Waals surface area contributed by atoms with Crippen molar-refractivity contribution >= 4 is 17.1 Å². The van der Waals surface area contributed by atoms with Gasteiger partial charge in [0.2, 0.25) is 0 Å². The monoisotopic (exact) mass is 308 g/mol. The minimum absolute atomic E-state index is 0.290. The third kappa shape index (κ3) is 2.82. The molecule has 118 valence electrons. The third-order valence-electron chi connectivity index (χ3n) is 4.68. The van der Waals surface area contributed by atoms with E-state index in [-0.39, 0.29) is 12.0 Å². The first-order valence-electron chi connectivity index (χ1n) is 8.15. The van der Waals surface area contributed by atoms with Gasteiger partial charge in [-0.2, -0.15) is 4.98 Å². The molecule has 1 atom stereocenters. The number of para-hydroxylation sites is 2. The summed E-state index contributed by atoms with van der Waals surface area (Å²) in [6.45, 7) is 1.72. The minimum atomic E-state index is -0.387. The summed E-state index contributed by atoms with van der Waals surface area (Å²) in [7, 11) is 0. The number of aromatic nitrogens is 1. The molecule has 1 aliphatic heterocycles. The van der Waals surface area contributed by atoms with Crippen molar-refractivity contribution in [2.45, 2.75) is 18.9 Å². The quantitative estimate of drug-likeness (QED) is 0.800. The van der Waals surface area contributed by atoms with Crippen LogP contribution in [0, 0.1) is 5.92 Å². The zero-order chi connectivity index (χ0) is 15.6. The highest BCUT2D eigenvalue weighted by molar-refractivity contribution is 5.74. The Morgan fingerprint density at radius 3 is 2.43 bits per heavy atom. The van der Waals surface area contributed by atoms with Crippen molar-refractivity contribution in [2.75, 3.05) is 18.0 Å². The van der Waals surface area contributed by atoms with E-state index in [1.165, 1.54) is 0 Å². The fraction of sp³-hybridized carbons (Fsp3) is 0.316. The molecule has 2 aromatic carbocycles. The number of anilines is 1. The molecule has 1 unspecified atom stereocenters. The molecule has 2 heterocycles. The van der Waals surface area contributed by atoms with E-state index < -0.39 is 0 Å². The first kappa shape index (κ1) is 14.3. The van der Waals surface area contributed by atoms with Crippen molar-refractivity contribution < 1.29 is 9.52 Å². The summed E-state index contributed by atoms with van der Waals surface area (Å²) in [5.41, 5.74) is 2.73. The van der Waals surface area contributed by atoms with Crippen LogP contribution < -0.4 is 4.90 Å². The molecule has 0 spiro atoms. The van der Waals surface area contributed by atoms with Crippen LogP contribution in [0.4, 0.5) is 6.01 Å². The van der Waals surface area contributed by atoms with Gasteiger partial charge in [-0.15, -0.1) is 0 Å². The van der Waals surface area contributed by atoms with Crippen LogP contribution in [-0.4, -0.2) is 23.2 Å². The van der Waals surface area contributed by atoms with E-state index >= 15 is 0 Å². The van der Waals surface area contributed by atoms with E-state index in [4.69, 9.17) is 4.42 Å². The Morgan fingerprint density at radius 2 is 1.70 bits per heavy atom. The summed E-state index contributed by atoms with van der Waals surface area (Å²) in [6.07, 6.45) is 1.49. The molecule has 0 radical (unpaired) electrons. The van der Waals surface area contributed by atoms with Gasteiger partial charge in [-0.1, -0.05) is 42.5 Å². The number of piperidine rings is 1. The average Bonchev–Trinajstić information content (AvgIpc) is 3.06. The smallest absolute Gasteiger partial charge is 0.298 e. The van der Waals surface area contributed by atoms with Crippen molar-refractivity contribution in [2.24, 2.45) is 5.92 Å². The van der Waals surface area contributed by atoms with E-state index in [1.54, 1.807) is 0 Å². The van der Waals surface area contributed by atoms with Gasteiger partial charge in [0.15, 0.2) is 5.58 Å². The molecule has 1 fully saturated rings. The van der Waals surface area contributed by atoms with E-state index in [1.807, 2.05) is 54.6 Å². The highest BCUT2D eigenvalue weighted by Crippen LogP contribution is 2.32. The van der Waals surface area contributed by atoms with Gasteiger partial charge in [0, 0.05) is 13.1 Å². The molecule has 4 rings (SSSR count). The largest absolute Gasteiger partial charge is 0.423 e. The number of rotatable bonds is 3. The highest BCUT2D eigenvalue weighted by Gasteiger charge is 2.28. The van der Waals surface area contributed by atoms with Crippen LogP contribution in [0.25, 0.3) is 11.1 Å². The zero-order valence-corrected chi connectivity index (χ0v) is 12.9. The second-order valence-electron chi connectivity index (χ2n) is 6.14. The van der Waals surface area contributed by atoms with Crippen molar-refractivity contribution in [3.8, 4) is 0 Å². The molecule has 1 saturated heterocycles. The first-order chi connectivity index (χ1) is 11.3. The molecule has 3 aromatic rings. The average molecular weight is 308 g/mol. The van der Waals surface area contributed by atoms with Gasteiger partial charge in [0.05, 0.1) is 6.10 Å². The van der Waals surface area contributed by atoms with Crippen LogP contribution in [0.1, 0.15) is 24.5 Å². The molecule has 23 heavy (non-hydrogen) atoms. The fourth-order valence-electron chi connectivity index (χ4n) is 3.32. The van der Waals surface area contributed by atoms with Crippen molar-refractivity contribution in [3.05, 3.63) is 60.2 Å². The number of aliphatic hydroxyl groups excluding tert-OH is 1. The lowest BCUT2D eigenvalue weighted by Gasteiger charge is -2.33. The molecular weight excluding hydrogens is 288 g/mol. The minimum Gasteiger partial charge on any atom is -0.423 e. The molecular formula is C19H20N2O2. The van der Waals surface area contributed by atoms with Gasteiger partial charge in [-0.3, -0.25) is 0 Å². The van der Waals surface area contributed by atoms with Crippen LogP contribution in [-0.2, 0) is 0 Å². The van der Waals surface area contributed by atoms with Crippen molar-refractivity contribution in [1.82, 2.24) is 4.98 Å². The summed E-state index contributed by atoms with van der Waals surface area (Å²) in [6, 6.07) is 18.5. The lowest BCUT2D eigenvalue weighted by atomic mass is 9.87. The fourth-order valence-corrected chi connectivity index (χ4v) is 3.32. The number of benzene rings is 2. The predicted molar refractivity (Wildman–Crippen MR) is 90.3 cm³/mol. The van der Waals surface area contributed by atoms with Crippen LogP contribution in [0.15, 0.2) is 59.0 Å². The maximum atomic E-state index is 10.6. The maximum absolute atomic E-state index is 10.6. The Bertz CT molecular complexity index is 743. The molecule has 0 saturated carbocycles. The van der Waals surface area contributed by atoms with Crippen LogP contribution in [0.2, 0.25) is 0 Å². The van der Waals surface area contributed by atoms with Crippen LogP contribution in [0.3, 0.4) is 0 Å². The summed E-state index contributed by atoms with van der Waals surface area (Å²) < 4.78 is 5.84. The second kappa shape index (κ2) is 6.05. The molecule has 4 heteroatoms. The van der Waals surface area contributed by atoms with E-state index in [0.29, 0.717) is 6.01 Å². The standard InChI is InChI=1S/C19H20N2O2/c22-18(14-6-2-1-3-7-14)15-10-12-21(13-11-15)19-20-16-8-4-5-9-17(16)23-19/h1-9,15,18,22H,10-13H2. The Hall–Kier alpha value is -2.33. The summed E-state index contributed by atoms with van der Waals surface area (Å²) in [5, 5.41) is 10.6.